The third kappa shape index (κ3) is 3.57. The largest absolute Gasteiger partial charge is 0.462 e. The molecule has 2 atom stereocenters. The number of carbonyl (C=O) groups excluding carboxylic acids is 3. The summed E-state index contributed by atoms with van der Waals surface area (Å²) in [6.45, 7) is 4.19. The molecule has 4 rings (SSSR count). The minimum absolute atomic E-state index is 0.0817. The maximum absolute atomic E-state index is 13.1. The number of ether oxygens (including phenoxy) is 1. The van der Waals surface area contributed by atoms with Gasteiger partial charge in [-0.2, -0.15) is 5.10 Å². The number of nitrogens with zero attached hydrogens (tertiary/aromatic N) is 4. The molecule has 0 aromatic carbocycles. The van der Waals surface area contributed by atoms with Gasteiger partial charge in [0.15, 0.2) is 0 Å². The monoisotopic (exact) mass is 415 g/mol. The van der Waals surface area contributed by atoms with Gasteiger partial charge in [0.05, 0.1) is 6.61 Å². The van der Waals surface area contributed by atoms with Crippen LogP contribution in [-0.4, -0.2) is 88.6 Å². The molecule has 0 radical (unpaired) electrons. The van der Waals surface area contributed by atoms with Crippen molar-refractivity contribution in [1.29, 1.82) is 0 Å². The second-order valence-electron chi connectivity index (χ2n) is 8.10. The van der Waals surface area contributed by atoms with E-state index in [9.17, 15) is 14.4 Å². The maximum Gasteiger partial charge on any atom is 0.345 e. The number of aromatic amines is 1. The van der Waals surface area contributed by atoms with E-state index in [0.29, 0.717) is 31.9 Å². The first kappa shape index (κ1) is 20.4. The molecular weight excluding hydrogens is 386 g/mol. The summed E-state index contributed by atoms with van der Waals surface area (Å²) in [5.74, 6) is -0.732. The summed E-state index contributed by atoms with van der Waals surface area (Å²) in [4.78, 5) is 44.2. The molecule has 0 bridgehead atoms. The van der Waals surface area contributed by atoms with E-state index in [4.69, 9.17) is 4.74 Å². The average molecular weight is 415 g/mol. The van der Waals surface area contributed by atoms with Gasteiger partial charge >= 0.3 is 5.97 Å². The molecular formula is C21H29N5O4. The third-order valence-electron chi connectivity index (χ3n) is 6.49. The minimum Gasteiger partial charge on any atom is -0.462 e. The van der Waals surface area contributed by atoms with Crippen molar-refractivity contribution in [2.45, 2.75) is 38.6 Å². The Hall–Kier alpha value is -2.84. The fraction of sp³-hybridized carbons (Fsp3) is 0.619. The van der Waals surface area contributed by atoms with Crippen LogP contribution < -0.4 is 0 Å². The number of fused-ring (bicyclic) bond motifs is 1. The first-order valence-corrected chi connectivity index (χ1v) is 10.7. The van der Waals surface area contributed by atoms with Crippen LogP contribution in [0.25, 0.3) is 0 Å². The number of nitrogens with one attached hydrogen (secondary N) is 1. The van der Waals surface area contributed by atoms with Crippen LogP contribution >= 0.6 is 0 Å². The lowest BCUT2D eigenvalue weighted by molar-refractivity contribution is -0.144. The molecule has 162 valence electrons. The van der Waals surface area contributed by atoms with E-state index in [0.717, 1.165) is 31.4 Å². The summed E-state index contributed by atoms with van der Waals surface area (Å²) in [5.41, 5.74) is 1.47. The van der Waals surface area contributed by atoms with Gasteiger partial charge in [0.1, 0.15) is 11.3 Å². The van der Waals surface area contributed by atoms with E-state index in [-0.39, 0.29) is 36.0 Å². The molecule has 1 saturated carbocycles. The SMILES string of the molecule is CCOC(=O)C1=C(N2CCN(C(=O)c3ccn[nH]3)CC2)C2CCCCC2N(C)C1=O. The Kier molecular flexibility index (Phi) is 5.78. The number of hydrogen-bond acceptors (Lipinski definition) is 6. The normalized spacial score (nSPS) is 24.7. The fourth-order valence-electron chi connectivity index (χ4n) is 5.00. The summed E-state index contributed by atoms with van der Waals surface area (Å²) in [7, 11) is 1.79. The Morgan fingerprint density at radius 3 is 2.60 bits per heavy atom. The standard InChI is InChI=1S/C21H29N5O4/c1-3-30-21(29)17-18(14-6-4-5-7-16(14)24(2)20(17)28)25-10-12-26(13-11-25)19(27)15-8-9-22-23-15/h8-9,14,16H,3-7,10-13H2,1-2H3,(H,22,23). The summed E-state index contributed by atoms with van der Waals surface area (Å²) in [6.07, 6.45) is 5.64. The summed E-state index contributed by atoms with van der Waals surface area (Å²) in [6, 6.07) is 1.78. The van der Waals surface area contributed by atoms with Gasteiger partial charge in [0.2, 0.25) is 0 Å². The van der Waals surface area contributed by atoms with E-state index < -0.39 is 5.97 Å². The van der Waals surface area contributed by atoms with Gasteiger partial charge in [-0.15, -0.1) is 0 Å². The number of amides is 2. The van der Waals surface area contributed by atoms with Crippen molar-refractivity contribution >= 4 is 17.8 Å². The molecule has 9 nitrogen and oxygen atoms in total. The average Bonchev–Trinajstić information content (AvgIpc) is 3.31. The van der Waals surface area contributed by atoms with Crippen LogP contribution in [0.15, 0.2) is 23.5 Å². The number of H-pyrrole nitrogens is 1. The van der Waals surface area contributed by atoms with Crippen molar-refractivity contribution < 1.29 is 19.1 Å². The molecule has 30 heavy (non-hydrogen) atoms. The first-order chi connectivity index (χ1) is 14.5. The molecule has 1 aliphatic carbocycles. The first-order valence-electron chi connectivity index (χ1n) is 10.7. The second-order valence-corrected chi connectivity index (χ2v) is 8.10. The molecule has 2 aliphatic heterocycles. The Bertz CT molecular complexity index is 842. The van der Waals surface area contributed by atoms with Crippen LogP contribution in [0.5, 0.6) is 0 Å². The molecule has 2 unspecified atom stereocenters. The molecule has 2 fully saturated rings. The summed E-state index contributed by atoms with van der Waals surface area (Å²) in [5, 5.41) is 6.57. The Labute approximate surface area is 176 Å². The molecule has 9 heteroatoms. The van der Waals surface area contributed by atoms with Crippen LogP contribution in [-0.2, 0) is 14.3 Å². The van der Waals surface area contributed by atoms with E-state index >= 15 is 0 Å². The fourth-order valence-corrected chi connectivity index (χ4v) is 5.00. The van der Waals surface area contributed by atoms with Gasteiger partial charge in [-0.1, -0.05) is 12.8 Å². The summed E-state index contributed by atoms with van der Waals surface area (Å²) < 4.78 is 5.26. The molecule has 3 aliphatic rings. The van der Waals surface area contributed by atoms with Crippen molar-refractivity contribution in [2.75, 3.05) is 39.8 Å². The van der Waals surface area contributed by atoms with E-state index in [2.05, 4.69) is 15.1 Å². The molecule has 1 saturated heterocycles. The minimum atomic E-state index is -0.538. The number of rotatable bonds is 4. The zero-order valence-electron chi connectivity index (χ0n) is 17.6. The highest BCUT2D eigenvalue weighted by molar-refractivity contribution is 6.17. The number of aromatic nitrogens is 2. The van der Waals surface area contributed by atoms with Crippen LogP contribution in [0.4, 0.5) is 0 Å². The van der Waals surface area contributed by atoms with Gasteiger partial charge in [-0.3, -0.25) is 14.7 Å². The predicted octanol–water partition coefficient (Wildman–Crippen LogP) is 1.02. The highest BCUT2D eigenvalue weighted by atomic mass is 16.5. The Morgan fingerprint density at radius 2 is 1.93 bits per heavy atom. The van der Waals surface area contributed by atoms with Crippen molar-refractivity contribution in [2.24, 2.45) is 5.92 Å². The molecule has 0 spiro atoms. The highest BCUT2D eigenvalue weighted by Crippen LogP contribution is 2.40. The van der Waals surface area contributed by atoms with Gasteiger partial charge in [-0.25, -0.2) is 4.79 Å². The number of piperazine rings is 1. The zero-order valence-corrected chi connectivity index (χ0v) is 17.6. The Balaban J connectivity index is 1.61. The third-order valence-corrected chi connectivity index (χ3v) is 6.49. The topological polar surface area (TPSA) is 98.8 Å². The molecule has 1 aromatic rings. The number of carbonyl (C=O) groups is 3. The lowest BCUT2D eigenvalue weighted by Gasteiger charge is -2.48. The van der Waals surface area contributed by atoms with Crippen LogP contribution in [0.2, 0.25) is 0 Å². The molecule has 3 heterocycles. The predicted molar refractivity (Wildman–Crippen MR) is 108 cm³/mol. The highest BCUT2D eigenvalue weighted by Gasteiger charge is 2.46. The van der Waals surface area contributed by atoms with E-state index in [1.165, 1.54) is 0 Å². The van der Waals surface area contributed by atoms with Crippen LogP contribution in [0.1, 0.15) is 43.1 Å². The smallest absolute Gasteiger partial charge is 0.345 e. The van der Waals surface area contributed by atoms with Crippen molar-refractivity contribution in [3.63, 3.8) is 0 Å². The van der Waals surface area contributed by atoms with Crippen LogP contribution in [0.3, 0.4) is 0 Å². The zero-order chi connectivity index (χ0) is 21.3. The van der Waals surface area contributed by atoms with Crippen LogP contribution in [0, 0.1) is 5.92 Å². The van der Waals surface area contributed by atoms with Crippen molar-refractivity contribution in [3.05, 3.63) is 29.2 Å². The lowest BCUT2D eigenvalue weighted by Crippen LogP contribution is -2.56. The van der Waals surface area contributed by atoms with Gasteiger partial charge < -0.3 is 19.4 Å². The number of esters is 1. The Morgan fingerprint density at radius 1 is 1.20 bits per heavy atom. The maximum atomic E-state index is 13.1. The van der Waals surface area contributed by atoms with Gasteiger partial charge in [-0.05, 0) is 25.8 Å². The lowest BCUT2D eigenvalue weighted by atomic mass is 9.76. The number of likely N-dealkylation sites (N-methyl/N-ethyl adjacent to an activating group) is 1. The van der Waals surface area contributed by atoms with Gasteiger partial charge in [0.25, 0.3) is 11.8 Å². The molecule has 2 amide bonds. The molecule has 1 aromatic heterocycles. The quantitative estimate of drug-likeness (QED) is 0.582. The number of hydrogen-bond donors (Lipinski definition) is 1. The van der Waals surface area contributed by atoms with Gasteiger partial charge in [0, 0.05) is 57.1 Å². The molecule has 1 N–H and O–H groups in total. The van der Waals surface area contributed by atoms with Crippen molar-refractivity contribution in [1.82, 2.24) is 24.9 Å². The van der Waals surface area contributed by atoms with E-state index in [1.807, 2.05) is 0 Å². The summed E-state index contributed by atoms with van der Waals surface area (Å²) >= 11 is 0. The second kappa shape index (κ2) is 8.49. The van der Waals surface area contributed by atoms with E-state index in [1.54, 1.807) is 36.0 Å². The van der Waals surface area contributed by atoms with Crippen molar-refractivity contribution in [3.8, 4) is 0 Å².